The fourth-order valence-corrected chi connectivity index (χ4v) is 2.22. The van der Waals surface area contributed by atoms with Crippen LogP contribution in [0, 0.1) is 0 Å². The second kappa shape index (κ2) is 13.9. The summed E-state index contributed by atoms with van der Waals surface area (Å²) in [4.78, 5) is 23.9. The van der Waals surface area contributed by atoms with Gasteiger partial charge in [-0.05, 0) is 6.42 Å². The zero-order chi connectivity index (χ0) is 15.9. The summed E-state index contributed by atoms with van der Waals surface area (Å²) in [6.07, 6.45) is 13.0. The summed E-state index contributed by atoms with van der Waals surface area (Å²) in [5.74, 6) is -0.146. The van der Waals surface area contributed by atoms with Crippen LogP contribution in [0.3, 0.4) is 0 Å². The number of hydrogen-bond acceptors (Lipinski definition) is 2. The van der Waals surface area contributed by atoms with Gasteiger partial charge in [-0.25, -0.2) is 0 Å². The first-order chi connectivity index (χ1) is 10.1. The Bertz CT molecular complexity index is 280. The molecule has 0 heterocycles. The number of amides is 2. The van der Waals surface area contributed by atoms with E-state index in [9.17, 15) is 9.59 Å². The lowest BCUT2D eigenvalue weighted by Crippen LogP contribution is -2.37. The van der Waals surface area contributed by atoms with Crippen molar-refractivity contribution in [3.63, 3.8) is 0 Å². The number of hydrogen-bond donors (Lipinski definition) is 1. The van der Waals surface area contributed by atoms with Crippen molar-refractivity contribution in [3.05, 3.63) is 0 Å². The molecule has 0 aromatic carbocycles. The molecule has 21 heavy (non-hydrogen) atoms. The number of unbranched alkanes of at least 4 members (excludes halogenated alkanes) is 9. The van der Waals surface area contributed by atoms with E-state index < -0.39 is 0 Å². The average Bonchev–Trinajstić information content (AvgIpc) is 2.44. The van der Waals surface area contributed by atoms with Gasteiger partial charge in [0.05, 0.1) is 6.54 Å². The maximum atomic E-state index is 11.5. The topological polar surface area (TPSA) is 49.4 Å². The summed E-state index contributed by atoms with van der Waals surface area (Å²) in [5.41, 5.74) is 0. The number of nitrogens with zero attached hydrogens (tertiary/aromatic N) is 1. The van der Waals surface area contributed by atoms with Gasteiger partial charge in [0.2, 0.25) is 11.8 Å². The SMILES string of the molecule is CCCCCCCCCCCCNC(=O)CN(C)C(C)=O. The molecule has 4 heteroatoms. The van der Waals surface area contributed by atoms with Crippen LogP contribution >= 0.6 is 0 Å². The van der Waals surface area contributed by atoms with Gasteiger partial charge in [-0.15, -0.1) is 0 Å². The Morgan fingerprint density at radius 1 is 0.857 bits per heavy atom. The van der Waals surface area contributed by atoms with E-state index >= 15 is 0 Å². The van der Waals surface area contributed by atoms with E-state index in [1.807, 2.05) is 0 Å². The number of carbonyl (C=O) groups excluding carboxylic acids is 2. The molecule has 0 saturated heterocycles. The van der Waals surface area contributed by atoms with Gasteiger partial charge in [0.1, 0.15) is 0 Å². The largest absolute Gasteiger partial charge is 0.355 e. The van der Waals surface area contributed by atoms with Crippen molar-refractivity contribution in [2.75, 3.05) is 20.1 Å². The maximum Gasteiger partial charge on any atom is 0.239 e. The normalized spacial score (nSPS) is 10.4. The van der Waals surface area contributed by atoms with Crippen LogP contribution < -0.4 is 5.32 Å². The predicted molar refractivity (Wildman–Crippen MR) is 88.2 cm³/mol. The first-order valence-electron chi connectivity index (χ1n) is 8.56. The Kier molecular flexibility index (Phi) is 13.2. The summed E-state index contributed by atoms with van der Waals surface area (Å²) in [6, 6.07) is 0. The Hall–Kier alpha value is -1.06. The fraction of sp³-hybridized carbons (Fsp3) is 0.882. The van der Waals surface area contributed by atoms with Gasteiger partial charge >= 0.3 is 0 Å². The Balaban J connectivity index is 3.25. The van der Waals surface area contributed by atoms with E-state index in [1.54, 1.807) is 7.05 Å². The third-order valence-corrected chi connectivity index (χ3v) is 3.77. The molecule has 0 aliphatic heterocycles. The van der Waals surface area contributed by atoms with Crippen molar-refractivity contribution < 1.29 is 9.59 Å². The van der Waals surface area contributed by atoms with E-state index in [2.05, 4.69) is 12.2 Å². The molecule has 0 rings (SSSR count). The Morgan fingerprint density at radius 3 is 1.81 bits per heavy atom. The number of carbonyl (C=O) groups is 2. The highest BCUT2D eigenvalue weighted by atomic mass is 16.2. The number of rotatable bonds is 13. The summed E-state index contributed by atoms with van der Waals surface area (Å²) < 4.78 is 0. The molecule has 0 unspecified atom stereocenters. The Labute approximate surface area is 130 Å². The van der Waals surface area contributed by atoms with Crippen molar-refractivity contribution in [1.29, 1.82) is 0 Å². The van der Waals surface area contributed by atoms with E-state index in [0.717, 1.165) is 13.0 Å². The minimum atomic E-state index is -0.0795. The first kappa shape index (κ1) is 19.9. The van der Waals surface area contributed by atoms with Crippen LogP contribution in [0.5, 0.6) is 0 Å². The average molecular weight is 298 g/mol. The highest BCUT2D eigenvalue weighted by Gasteiger charge is 2.07. The van der Waals surface area contributed by atoms with Crippen LogP contribution in [0.15, 0.2) is 0 Å². The third-order valence-electron chi connectivity index (χ3n) is 3.77. The van der Waals surface area contributed by atoms with Gasteiger partial charge in [0, 0.05) is 20.5 Å². The minimum absolute atomic E-state index is 0.0661. The van der Waals surface area contributed by atoms with Crippen molar-refractivity contribution in [2.45, 2.75) is 78.1 Å². The molecule has 0 fully saturated rings. The van der Waals surface area contributed by atoms with Crippen LogP contribution in [0.2, 0.25) is 0 Å². The van der Waals surface area contributed by atoms with E-state index in [-0.39, 0.29) is 18.4 Å². The predicted octanol–water partition coefficient (Wildman–Crippen LogP) is 3.50. The molecule has 0 aromatic heterocycles. The molecule has 0 spiro atoms. The molecule has 2 amide bonds. The maximum absolute atomic E-state index is 11.5. The lowest BCUT2D eigenvalue weighted by Gasteiger charge is -2.14. The van der Waals surface area contributed by atoms with Gasteiger partial charge in [-0.3, -0.25) is 9.59 Å². The monoisotopic (exact) mass is 298 g/mol. The summed E-state index contributed by atoms with van der Waals surface area (Å²) >= 11 is 0. The van der Waals surface area contributed by atoms with Crippen LogP contribution in [-0.4, -0.2) is 36.9 Å². The highest BCUT2D eigenvalue weighted by Crippen LogP contribution is 2.10. The molecule has 0 aromatic rings. The van der Waals surface area contributed by atoms with Gasteiger partial charge in [0.25, 0.3) is 0 Å². The minimum Gasteiger partial charge on any atom is -0.355 e. The molecule has 0 saturated carbocycles. The molecule has 0 atom stereocenters. The number of nitrogens with one attached hydrogen (secondary N) is 1. The summed E-state index contributed by atoms with van der Waals surface area (Å²) in [7, 11) is 1.64. The van der Waals surface area contributed by atoms with Crippen LogP contribution in [0.1, 0.15) is 78.1 Å². The molecular formula is C17H34N2O2. The quantitative estimate of drug-likeness (QED) is 0.529. The van der Waals surface area contributed by atoms with Crippen LogP contribution in [-0.2, 0) is 9.59 Å². The number of likely N-dealkylation sites (N-methyl/N-ethyl adjacent to an activating group) is 1. The van der Waals surface area contributed by atoms with Gasteiger partial charge < -0.3 is 10.2 Å². The summed E-state index contributed by atoms with van der Waals surface area (Å²) in [6.45, 7) is 4.60. The molecule has 0 aliphatic carbocycles. The van der Waals surface area contributed by atoms with Gasteiger partial charge in [-0.1, -0.05) is 64.7 Å². The fourth-order valence-electron chi connectivity index (χ4n) is 2.22. The van der Waals surface area contributed by atoms with E-state index in [4.69, 9.17) is 0 Å². The van der Waals surface area contributed by atoms with E-state index in [0.29, 0.717) is 0 Å². The molecular weight excluding hydrogens is 264 g/mol. The van der Waals surface area contributed by atoms with E-state index in [1.165, 1.54) is 69.6 Å². The van der Waals surface area contributed by atoms with Crippen molar-refractivity contribution in [1.82, 2.24) is 10.2 Å². The standard InChI is InChI=1S/C17H34N2O2/c1-4-5-6-7-8-9-10-11-12-13-14-18-17(21)15-19(3)16(2)20/h4-15H2,1-3H3,(H,18,21). The first-order valence-corrected chi connectivity index (χ1v) is 8.56. The smallest absolute Gasteiger partial charge is 0.239 e. The zero-order valence-electron chi connectivity index (χ0n) is 14.2. The Morgan fingerprint density at radius 2 is 1.33 bits per heavy atom. The van der Waals surface area contributed by atoms with Crippen molar-refractivity contribution in [2.24, 2.45) is 0 Å². The van der Waals surface area contributed by atoms with Crippen LogP contribution in [0.4, 0.5) is 0 Å². The zero-order valence-corrected chi connectivity index (χ0v) is 14.2. The molecule has 0 bridgehead atoms. The molecule has 1 N–H and O–H groups in total. The second-order valence-electron chi connectivity index (χ2n) is 5.91. The second-order valence-corrected chi connectivity index (χ2v) is 5.91. The molecule has 0 radical (unpaired) electrons. The summed E-state index contributed by atoms with van der Waals surface area (Å²) in [5, 5.41) is 2.86. The van der Waals surface area contributed by atoms with Crippen LogP contribution in [0.25, 0.3) is 0 Å². The van der Waals surface area contributed by atoms with Gasteiger partial charge in [-0.2, -0.15) is 0 Å². The van der Waals surface area contributed by atoms with Crippen molar-refractivity contribution in [3.8, 4) is 0 Å². The van der Waals surface area contributed by atoms with Gasteiger partial charge in [0.15, 0.2) is 0 Å². The third kappa shape index (κ3) is 13.7. The molecule has 4 nitrogen and oxygen atoms in total. The van der Waals surface area contributed by atoms with Crippen molar-refractivity contribution >= 4 is 11.8 Å². The highest BCUT2D eigenvalue weighted by molar-refractivity contribution is 5.83. The lowest BCUT2D eigenvalue weighted by atomic mass is 10.1. The lowest BCUT2D eigenvalue weighted by molar-refractivity contribution is -0.133. The molecule has 0 aliphatic rings. The molecule has 124 valence electrons.